The number of carbonyl (C=O) groups excluding carboxylic acids is 1. The Balaban J connectivity index is 2.05. The Morgan fingerprint density at radius 1 is 1.48 bits per heavy atom. The van der Waals surface area contributed by atoms with Crippen LogP contribution in [0.2, 0.25) is 0 Å². The van der Waals surface area contributed by atoms with Gasteiger partial charge in [0.25, 0.3) is 5.91 Å². The number of rotatable bonds is 5. The highest BCUT2D eigenvalue weighted by molar-refractivity contribution is 5.93. The normalized spacial score (nSPS) is 21.7. The van der Waals surface area contributed by atoms with Gasteiger partial charge in [0.15, 0.2) is 0 Å². The van der Waals surface area contributed by atoms with Crippen molar-refractivity contribution < 1.29 is 14.7 Å². The van der Waals surface area contributed by atoms with E-state index in [9.17, 15) is 9.59 Å². The lowest BCUT2D eigenvalue weighted by atomic mass is 10.1. The summed E-state index contributed by atoms with van der Waals surface area (Å²) in [7, 11) is 0. The Morgan fingerprint density at radius 3 is 2.71 bits per heavy atom. The van der Waals surface area contributed by atoms with Crippen LogP contribution in [-0.2, 0) is 11.3 Å². The molecule has 0 spiro atoms. The van der Waals surface area contributed by atoms with Crippen molar-refractivity contribution in [2.75, 3.05) is 0 Å². The summed E-state index contributed by atoms with van der Waals surface area (Å²) in [5.74, 6) is -0.996. The summed E-state index contributed by atoms with van der Waals surface area (Å²) < 4.78 is 1.70. The number of aromatic nitrogens is 2. The van der Waals surface area contributed by atoms with E-state index in [1.54, 1.807) is 4.68 Å². The van der Waals surface area contributed by atoms with Gasteiger partial charge in [0, 0.05) is 12.6 Å². The molecule has 1 aliphatic rings. The predicted octanol–water partition coefficient (Wildman–Crippen LogP) is 2.01. The first-order chi connectivity index (χ1) is 9.92. The SMILES string of the molecule is CCn1nc(C(C)C)cc1C(=O)N[C@H]1CC[C@@H](C(=O)O)C1. The molecule has 1 saturated carbocycles. The number of hydrogen-bond acceptors (Lipinski definition) is 3. The summed E-state index contributed by atoms with van der Waals surface area (Å²) in [6.07, 6.45) is 1.86. The third kappa shape index (κ3) is 3.43. The van der Waals surface area contributed by atoms with E-state index in [2.05, 4.69) is 10.4 Å². The van der Waals surface area contributed by atoms with Crippen molar-refractivity contribution in [3.05, 3.63) is 17.5 Å². The third-order valence-electron chi connectivity index (χ3n) is 4.04. The van der Waals surface area contributed by atoms with Crippen molar-refractivity contribution in [2.24, 2.45) is 5.92 Å². The quantitative estimate of drug-likeness (QED) is 0.869. The molecule has 0 aliphatic heterocycles. The second-order valence-corrected chi connectivity index (χ2v) is 5.94. The minimum atomic E-state index is -0.771. The van der Waals surface area contributed by atoms with Gasteiger partial charge >= 0.3 is 5.97 Å². The average Bonchev–Trinajstić information content (AvgIpc) is 3.04. The van der Waals surface area contributed by atoms with Crippen LogP contribution in [0.3, 0.4) is 0 Å². The van der Waals surface area contributed by atoms with Gasteiger partial charge in [-0.15, -0.1) is 0 Å². The molecule has 1 amide bonds. The molecule has 21 heavy (non-hydrogen) atoms. The third-order valence-corrected chi connectivity index (χ3v) is 4.04. The topological polar surface area (TPSA) is 84.2 Å². The summed E-state index contributed by atoms with van der Waals surface area (Å²) in [4.78, 5) is 23.3. The molecule has 2 atom stereocenters. The maximum atomic E-state index is 12.4. The summed E-state index contributed by atoms with van der Waals surface area (Å²) >= 11 is 0. The van der Waals surface area contributed by atoms with Crippen LogP contribution < -0.4 is 5.32 Å². The maximum absolute atomic E-state index is 12.4. The highest BCUT2D eigenvalue weighted by atomic mass is 16.4. The second-order valence-electron chi connectivity index (χ2n) is 5.94. The van der Waals surface area contributed by atoms with E-state index in [0.717, 1.165) is 12.1 Å². The van der Waals surface area contributed by atoms with E-state index < -0.39 is 5.97 Å². The molecule has 1 aromatic rings. The van der Waals surface area contributed by atoms with Crippen LogP contribution >= 0.6 is 0 Å². The van der Waals surface area contributed by atoms with Gasteiger partial charge in [0.1, 0.15) is 5.69 Å². The Bertz CT molecular complexity index is 536. The molecular formula is C15H23N3O3. The van der Waals surface area contributed by atoms with Crippen LogP contribution in [0, 0.1) is 5.92 Å². The average molecular weight is 293 g/mol. The lowest BCUT2D eigenvalue weighted by Crippen LogP contribution is -2.34. The maximum Gasteiger partial charge on any atom is 0.306 e. The lowest BCUT2D eigenvalue weighted by Gasteiger charge is -2.12. The lowest BCUT2D eigenvalue weighted by molar-refractivity contribution is -0.141. The fourth-order valence-electron chi connectivity index (χ4n) is 2.74. The van der Waals surface area contributed by atoms with Crippen LogP contribution in [-0.4, -0.2) is 32.8 Å². The number of carbonyl (C=O) groups is 2. The zero-order valence-electron chi connectivity index (χ0n) is 12.8. The minimum Gasteiger partial charge on any atom is -0.481 e. The molecule has 0 saturated heterocycles. The van der Waals surface area contributed by atoms with Crippen molar-refractivity contribution in [1.82, 2.24) is 15.1 Å². The van der Waals surface area contributed by atoms with Crippen molar-refractivity contribution >= 4 is 11.9 Å². The molecule has 6 nitrogen and oxygen atoms in total. The molecule has 6 heteroatoms. The number of aryl methyl sites for hydroxylation is 1. The van der Waals surface area contributed by atoms with Crippen LogP contribution in [0.25, 0.3) is 0 Å². The molecule has 0 unspecified atom stereocenters. The molecule has 0 bridgehead atoms. The van der Waals surface area contributed by atoms with Gasteiger partial charge in [0.05, 0.1) is 11.6 Å². The van der Waals surface area contributed by atoms with E-state index in [-0.39, 0.29) is 23.8 Å². The first-order valence-electron chi connectivity index (χ1n) is 7.53. The van der Waals surface area contributed by atoms with Crippen LogP contribution in [0.1, 0.15) is 62.1 Å². The summed E-state index contributed by atoms with van der Waals surface area (Å²) in [5.41, 5.74) is 1.46. The van der Waals surface area contributed by atoms with Gasteiger partial charge in [-0.05, 0) is 38.2 Å². The first-order valence-corrected chi connectivity index (χ1v) is 7.53. The number of amides is 1. The molecule has 116 valence electrons. The molecular weight excluding hydrogens is 270 g/mol. The number of hydrogen-bond donors (Lipinski definition) is 2. The number of carboxylic acid groups (broad SMARTS) is 1. The highest BCUT2D eigenvalue weighted by Gasteiger charge is 2.31. The minimum absolute atomic E-state index is 0.0543. The molecule has 1 fully saturated rings. The van der Waals surface area contributed by atoms with Crippen molar-refractivity contribution in [3.63, 3.8) is 0 Å². The van der Waals surface area contributed by atoms with Crippen molar-refractivity contribution in [3.8, 4) is 0 Å². The van der Waals surface area contributed by atoms with Crippen molar-refractivity contribution in [2.45, 2.75) is 58.5 Å². The summed E-state index contributed by atoms with van der Waals surface area (Å²) in [6, 6.07) is 1.77. The van der Waals surface area contributed by atoms with Crippen LogP contribution in [0.5, 0.6) is 0 Å². The van der Waals surface area contributed by atoms with E-state index in [0.29, 0.717) is 25.1 Å². The fraction of sp³-hybridized carbons (Fsp3) is 0.667. The van der Waals surface area contributed by atoms with E-state index >= 15 is 0 Å². The monoisotopic (exact) mass is 293 g/mol. The number of aliphatic carboxylic acids is 1. The Hall–Kier alpha value is -1.85. The van der Waals surface area contributed by atoms with Gasteiger partial charge in [-0.1, -0.05) is 13.8 Å². The Morgan fingerprint density at radius 2 is 2.19 bits per heavy atom. The van der Waals surface area contributed by atoms with Gasteiger partial charge in [-0.25, -0.2) is 0 Å². The number of nitrogens with zero attached hydrogens (tertiary/aromatic N) is 2. The zero-order chi connectivity index (χ0) is 15.6. The van der Waals surface area contributed by atoms with Gasteiger partial charge in [0.2, 0.25) is 0 Å². The largest absolute Gasteiger partial charge is 0.481 e. The van der Waals surface area contributed by atoms with Crippen LogP contribution in [0.4, 0.5) is 0 Å². The molecule has 2 N–H and O–H groups in total. The van der Waals surface area contributed by atoms with Gasteiger partial charge < -0.3 is 10.4 Å². The Labute approximate surface area is 124 Å². The molecule has 2 rings (SSSR count). The number of carboxylic acids is 1. The predicted molar refractivity (Wildman–Crippen MR) is 78.2 cm³/mol. The molecule has 0 radical (unpaired) electrons. The Kier molecular flexibility index (Phi) is 4.65. The molecule has 0 aromatic carbocycles. The summed E-state index contributed by atoms with van der Waals surface area (Å²) in [6.45, 7) is 6.67. The number of nitrogens with one attached hydrogen (secondary N) is 1. The van der Waals surface area contributed by atoms with E-state index in [1.165, 1.54) is 0 Å². The highest BCUT2D eigenvalue weighted by Crippen LogP contribution is 2.26. The van der Waals surface area contributed by atoms with E-state index in [4.69, 9.17) is 5.11 Å². The molecule has 1 aromatic heterocycles. The molecule has 1 heterocycles. The zero-order valence-corrected chi connectivity index (χ0v) is 12.8. The van der Waals surface area contributed by atoms with Crippen LogP contribution in [0.15, 0.2) is 6.07 Å². The molecule has 1 aliphatic carbocycles. The first kappa shape index (κ1) is 15.5. The second kappa shape index (κ2) is 6.28. The standard InChI is InChI=1S/C15H23N3O3/c1-4-18-13(8-12(17-18)9(2)3)14(19)16-11-6-5-10(7-11)15(20)21/h8-11H,4-7H2,1-3H3,(H,16,19)(H,20,21)/t10-,11+/m1/s1. The summed E-state index contributed by atoms with van der Waals surface area (Å²) in [5, 5.41) is 16.4. The smallest absolute Gasteiger partial charge is 0.306 e. The fourth-order valence-corrected chi connectivity index (χ4v) is 2.74. The van der Waals surface area contributed by atoms with Crippen molar-refractivity contribution in [1.29, 1.82) is 0 Å². The van der Waals surface area contributed by atoms with Gasteiger partial charge in [-0.3, -0.25) is 14.3 Å². The van der Waals surface area contributed by atoms with Gasteiger partial charge in [-0.2, -0.15) is 5.10 Å². The van der Waals surface area contributed by atoms with E-state index in [1.807, 2.05) is 26.8 Å².